The second-order valence-corrected chi connectivity index (χ2v) is 5.44. The zero-order valence-electron chi connectivity index (χ0n) is 8.18. The van der Waals surface area contributed by atoms with Gasteiger partial charge in [-0.3, -0.25) is 5.43 Å². The van der Waals surface area contributed by atoms with Crippen molar-refractivity contribution in [3.05, 3.63) is 34.3 Å². The highest BCUT2D eigenvalue weighted by atomic mass is 35.5. The van der Waals surface area contributed by atoms with E-state index in [0.29, 0.717) is 5.13 Å². The Kier molecular flexibility index (Phi) is 4.00. The molecule has 0 spiro atoms. The molecular weight excluding hydrogens is 264 g/mol. The van der Waals surface area contributed by atoms with Gasteiger partial charge in [-0.05, 0) is 24.3 Å². The lowest BCUT2D eigenvalue weighted by molar-refractivity contribution is 1.03. The van der Waals surface area contributed by atoms with Crippen LogP contribution in [0.3, 0.4) is 0 Å². The van der Waals surface area contributed by atoms with Gasteiger partial charge in [-0.1, -0.05) is 22.9 Å². The van der Waals surface area contributed by atoms with Crippen LogP contribution in [0.15, 0.2) is 29.2 Å². The Morgan fingerprint density at radius 1 is 1.31 bits per heavy atom. The fraction of sp³-hybridized carbons (Fsp3) is 0.111. The number of nitrogens with zero attached hydrogens (tertiary/aromatic N) is 2. The van der Waals surface area contributed by atoms with Crippen LogP contribution in [-0.4, -0.2) is 10.2 Å². The SMILES string of the molecule is NNc1nnc(CSc2ccc(Cl)cc2)s1. The maximum atomic E-state index is 5.80. The first-order valence-electron chi connectivity index (χ1n) is 4.45. The van der Waals surface area contributed by atoms with Gasteiger partial charge < -0.3 is 0 Å². The van der Waals surface area contributed by atoms with Crippen LogP contribution in [0.4, 0.5) is 5.13 Å². The number of nitrogens with one attached hydrogen (secondary N) is 1. The third-order valence-corrected chi connectivity index (χ3v) is 4.08. The van der Waals surface area contributed by atoms with E-state index < -0.39 is 0 Å². The highest BCUT2D eigenvalue weighted by Crippen LogP contribution is 2.26. The highest BCUT2D eigenvalue weighted by molar-refractivity contribution is 7.98. The average molecular weight is 273 g/mol. The highest BCUT2D eigenvalue weighted by Gasteiger charge is 2.03. The van der Waals surface area contributed by atoms with Gasteiger partial charge in [0.2, 0.25) is 5.13 Å². The van der Waals surface area contributed by atoms with Crippen LogP contribution in [0.5, 0.6) is 0 Å². The lowest BCUT2D eigenvalue weighted by Gasteiger charge is -1.98. The van der Waals surface area contributed by atoms with Crippen molar-refractivity contribution in [1.82, 2.24) is 10.2 Å². The molecule has 84 valence electrons. The Morgan fingerprint density at radius 3 is 2.69 bits per heavy atom. The lowest BCUT2D eigenvalue weighted by atomic mass is 10.4. The number of halogens is 1. The molecule has 0 aliphatic heterocycles. The number of aromatic nitrogens is 2. The van der Waals surface area contributed by atoms with Crippen molar-refractivity contribution in [3.8, 4) is 0 Å². The summed E-state index contributed by atoms with van der Waals surface area (Å²) in [5.74, 6) is 6.00. The monoisotopic (exact) mass is 272 g/mol. The number of thioether (sulfide) groups is 1. The number of anilines is 1. The maximum Gasteiger partial charge on any atom is 0.219 e. The molecular formula is C9H9ClN4S2. The molecule has 0 aliphatic rings. The molecule has 0 saturated heterocycles. The molecule has 1 heterocycles. The summed E-state index contributed by atoms with van der Waals surface area (Å²) in [6, 6.07) is 7.71. The van der Waals surface area contributed by atoms with Gasteiger partial charge in [-0.2, -0.15) is 0 Å². The van der Waals surface area contributed by atoms with E-state index in [0.717, 1.165) is 20.7 Å². The number of benzene rings is 1. The van der Waals surface area contributed by atoms with Crippen molar-refractivity contribution >= 4 is 39.8 Å². The van der Waals surface area contributed by atoms with Crippen LogP contribution >= 0.6 is 34.7 Å². The molecule has 0 atom stereocenters. The van der Waals surface area contributed by atoms with Crippen molar-refractivity contribution in [2.75, 3.05) is 5.43 Å². The molecule has 2 rings (SSSR count). The third-order valence-electron chi connectivity index (χ3n) is 1.77. The van der Waals surface area contributed by atoms with Gasteiger partial charge in [0, 0.05) is 9.92 Å². The zero-order chi connectivity index (χ0) is 11.4. The summed E-state index contributed by atoms with van der Waals surface area (Å²) >= 11 is 8.94. The molecule has 0 aliphatic carbocycles. The van der Waals surface area contributed by atoms with Crippen molar-refractivity contribution < 1.29 is 0 Å². The molecule has 2 aromatic rings. The number of rotatable bonds is 4. The van der Waals surface area contributed by atoms with Crippen molar-refractivity contribution in [2.24, 2.45) is 5.84 Å². The summed E-state index contributed by atoms with van der Waals surface area (Å²) in [6.45, 7) is 0. The van der Waals surface area contributed by atoms with E-state index in [1.54, 1.807) is 11.8 Å². The van der Waals surface area contributed by atoms with Crippen LogP contribution in [0, 0.1) is 0 Å². The van der Waals surface area contributed by atoms with E-state index in [2.05, 4.69) is 15.6 Å². The topological polar surface area (TPSA) is 63.8 Å². The molecule has 0 radical (unpaired) electrons. The molecule has 0 unspecified atom stereocenters. The normalized spacial score (nSPS) is 10.4. The minimum Gasteiger partial charge on any atom is -0.298 e. The molecule has 4 nitrogen and oxygen atoms in total. The number of hydrazine groups is 1. The first-order valence-corrected chi connectivity index (χ1v) is 6.63. The largest absolute Gasteiger partial charge is 0.298 e. The van der Waals surface area contributed by atoms with Gasteiger partial charge in [-0.25, -0.2) is 5.84 Å². The summed E-state index contributed by atoms with van der Waals surface area (Å²) in [5.41, 5.74) is 2.47. The summed E-state index contributed by atoms with van der Waals surface area (Å²) in [6.07, 6.45) is 0. The van der Waals surface area contributed by atoms with Crippen LogP contribution < -0.4 is 11.3 Å². The second-order valence-electron chi connectivity index (χ2n) is 2.89. The van der Waals surface area contributed by atoms with Crippen LogP contribution in [0.25, 0.3) is 0 Å². The minimum atomic E-state index is 0.631. The zero-order valence-corrected chi connectivity index (χ0v) is 10.6. The fourth-order valence-corrected chi connectivity index (χ4v) is 2.71. The minimum absolute atomic E-state index is 0.631. The first kappa shape index (κ1) is 11.7. The summed E-state index contributed by atoms with van der Waals surface area (Å²) in [4.78, 5) is 1.15. The Bertz CT molecular complexity index is 457. The van der Waals surface area contributed by atoms with E-state index in [9.17, 15) is 0 Å². The van der Waals surface area contributed by atoms with Gasteiger partial charge in [0.1, 0.15) is 5.01 Å². The van der Waals surface area contributed by atoms with Crippen LogP contribution in [0.2, 0.25) is 5.02 Å². The van der Waals surface area contributed by atoms with E-state index in [4.69, 9.17) is 17.4 Å². The quantitative estimate of drug-likeness (QED) is 0.509. The predicted molar refractivity (Wildman–Crippen MR) is 68.7 cm³/mol. The number of nitrogens with two attached hydrogens (primary N) is 1. The molecule has 7 heteroatoms. The molecule has 0 saturated carbocycles. The predicted octanol–water partition coefficient (Wildman–Crippen LogP) is 2.77. The van der Waals surface area contributed by atoms with Crippen molar-refractivity contribution in [2.45, 2.75) is 10.6 Å². The van der Waals surface area contributed by atoms with Crippen molar-refractivity contribution in [1.29, 1.82) is 0 Å². The fourth-order valence-electron chi connectivity index (χ4n) is 1.05. The Labute approximate surface area is 106 Å². The first-order chi connectivity index (χ1) is 7.78. The van der Waals surface area contributed by atoms with Gasteiger partial charge in [0.15, 0.2) is 0 Å². The van der Waals surface area contributed by atoms with E-state index >= 15 is 0 Å². The molecule has 0 amide bonds. The van der Waals surface area contributed by atoms with Gasteiger partial charge >= 0.3 is 0 Å². The van der Waals surface area contributed by atoms with Gasteiger partial charge in [0.05, 0.1) is 5.75 Å². The Hall–Kier alpha value is -0.820. The maximum absolute atomic E-state index is 5.80. The molecule has 0 fully saturated rings. The molecule has 1 aromatic carbocycles. The van der Waals surface area contributed by atoms with Crippen molar-refractivity contribution in [3.63, 3.8) is 0 Å². The number of hydrogen-bond acceptors (Lipinski definition) is 6. The van der Waals surface area contributed by atoms with E-state index in [1.807, 2.05) is 24.3 Å². The number of hydrogen-bond donors (Lipinski definition) is 2. The Balaban J connectivity index is 1.94. The van der Waals surface area contributed by atoms with Crippen LogP contribution in [-0.2, 0) is 5.75 Å². The second kappa shape index (κ2) is 5.49. The van der Waals surface area contributed by atoms with E-state index in [-0.39, 0.29) is 0 Å². The molecule has 3 N–H and O–H groups in total. The molecule has 16 heavy (non-hydrogen) atoms. The molecule has 0 bridgehead atoms. The standard InChI is InChI=1S/C9H9ClN4S2/c10-6-1-3-7(4-2-6)15-5-8-13-14-9(12-11)16-8/h1-4H,5,11H2,(H,12,14). The van der Waals surface area contributed by atoms with Crippen LogP contribution in [0.1, 0.15) is 5.01 Å². The van der Waals surface area contributed by atoms with E-state index in [1.165, 1.54) is 11.3 Å². The summed E-state index contributed by atoms with van der Waals surface area (Å²) in [7, 11) is 0. The van der Waals surface area contributed by atoms with Gasteiger partial charge in [0.25, 0.3) is 0 Å². The summed E-state index contributed by atoms with van der Waals surface area (Å²) < 4.78 is 0. The smallest absolute Gasteiger partial charge is 0.219 e. The lowest BCUT2D eigenvalue weighted by Crippen LogP contribution is -2.05. The average Bonchev–Trinajstić information content (AvgIpc) is 2.76. The Morgan fingerprint density at radius 2 is 2.06 bits per heavy atom. The summed E-state index contributed by atoms with van der Waals surface area (Å²) in [5, 5.41) is 10.2. The number of nitrogen functional groups attached to an aromatic ring is 1. The van der Waals surface area contributed by atoms with Gasteiger partial charge in [-0.15, -0.1) is 22.0 Å². The third kappa shape index (κ3) is 3.08. The molecule has 1 aromatic heterocycles.